The summed E-state index contributed by atoms with van der Waals surface area (Å²) in [6, 6.07) is 16.0. The van der Waals surface area contributed by atoms with Crippen molar-refractivity contribution in [2.45, 2.75) is 32.4 Å². The molecule has 0 bridgehead atoms. The Balaban J connectivity index is 1.49. The topological polar surface area (TPSA) is 69.7 Å². The molecule has 3 amide bonds. The van der Waals surface area contributed by atoms with E-state index in [1.54, 1.807) is 30.0 Å². The zero-order chi connectivity index (χ0) is 24.4. The summed E-state index contributed by atoms with van der Waals surface area (Å²) in [6.45, 7) is 2.18. The fraction of sp³-hybridized carbons (Fsp3) is 0.269. The number of carbonyl (C=O) groups is 3. The second-order valence-corrected chi connectivity index (χ2v) is 9.07. The zero-order valence-electron chi connectivity index (χ0n) is 19.0. The Morgan fingerprint density at radius 1 is 1.03 bits per heavy atom. The molecule has 0 spiro atoms. The van der Waals surface area contributed by atoms with Crippen molar-refractivity contribution in [1.82, 2.24) is 10.2 Å². The number of halogens is 2. The average molecular weight is 498 g/mol. The Kier molecular flexibility index (Phi) is 7.10. The molecule has 0 radical (unpaired) electrons. The van der Waals surface area contributed by atoms with Gasteiger partial charge in [-0.1, -0.05) is 53.5 Å². The normalized spacial score (nSPS) is 13.3. The molecule has 1 unspecified atom stereocenters. The van der Waals surface area contributed by atoms with Crippen molar-refractivity contribution < 1.29 is 14.4 Å². The van der Waals surface area contributed by atoms with E-state index in [4.69, 9.17) is 23.2 Å². The van der Waals surface area contributed by atoms with Crippen LogP contribution in [0.4, 0.5) is 5.69 Å². The van der Waals surface area contributed by atoms with Crippen molar-refractivity contribution in [1.29, 1.82) is 0 Å². The molecule has 0 aliphatic carbocycles. The maximum absolute atomic E-state index is 13.3. The number of nitrogens with one attached hydrogen (secondary N) is 1. The molecule has 1 atom stereocenters. The van der Waals surface area contributed by atoms with E-state index in [0.29, 0.717) is 34.1 Å². The van der Waals surface area contributed by atoms with Crippen molar-refractivity contribution >= 4 is 57.4 Å². The molecule has 1 heterocycles. The van der Waals surface area contributed by atoms with Gasteiger partial charge in [0.25, 0.3) is 5.91 Å². The minimum absolute atomic E-state index is 0.0577. The van der Waals surface area contributed by atoms with E-state index in [9.17, 15) is 14.4 Å². The van der Waals surface area contributed by atoms with Crippen LogP contribution in [-0.2, 0) is 16.1 Å². The lowest BCUT2D eigenvalue weighted by Gasteiger charge is -2.29. The highest BCUT2D eigenvalue weighted by atomic mass is 35.5. The number of likely N-dealkylation sites (N-methyl/N-ethyl adjacent to an activating group) is 1. The van der Waals surface area contributed by atoms with Gasteiger partial charge < -0.3 is 15.1 Å². The van der Waals surface area contributed by atoms with Gasteiger partial charge >= 0.3 is 0 Å². The lowest BCUT2D eigenvalue weighted by molar-refractivity contribution is -0.140. The molecular weight excluding hydrogens is 473 g/mol. The molecule has 3 aromatic carbocycles. The summed E-state index contributed by atoms with van der Waals surface area (Å²) in [4.78, 5) is 41.8. The number of benzene rings is 3. The first-order chi connectivity index (χ1) is 16.3. The summed E-state index contributed by atoms with van der Waals surface area (Å²) in [5.41, 5.74) is 2.14. The molecule has 1 N–H and O–H groups in total. The van der Waals surface area contributed by atoms with E-state index in [2.05, 4.69) is 5.32 Å². The first-order valence-corrected chi connectivity index (χ1v) is 11.9. The predicted octanol–water partition coefficient (Wildman–Crippen LogP) is 5.05. The Morgan fingerprint density at radius 2 is 1.68 bits per heavy atom. The fourth-order valence-electron chi connectivity index (χ4n) is 4.38. The van der Waals surface area contributed by atoms with Gasteiger partial charge in [-0.25, -0.2) is 0 Å². The molecule has 0 aromatic heterocycles. The lowest BCUT2D eigenvalue weighted by atomic mass is 10.1. The van der Waals surface area contributed by atoms with Crippen LogP contribution in [0.2, 0.25) is 10.0 Å². The second kappa shape index (κ2) is 10.0. The predicted molar refractivity (Wildman–Crippen MR) is 135 cm³/mol. The Morgan fingerprint density at radius 3 is 2.35 bits per heavy atom. The fourth-order valence-corrected chi connectivity index (χ4v) is 4.90. The smallest absolute Gasteiger partial charge is 0.258 e. The van der Waals surface area contributed by atoms with Gasteiger partial charge in [0, 0.05) is 53.1 Å². The van der Waals surface area contributed by atoms with Crippen molar-refractivity contribution in [3.8, 4) is 0 Å². The quantitative estimate of drug-likeness (QED) is 0.473. The third-order valence-electron chi connectivity index (χ3n) is 6.23. The highest BCUT2D eigenvalue weighted by Crippen LogP contribution is 2.37. The van der Waals surface area contributed by atoms with E-state index >= 15 is 0 Å². The van der Waals surface area contributed by atoms with Crippen molar-refractivity contribution in [2.24, 2.45) is 0 Å². The largest absolute Gasteiger partial charge is 0.357 e. The van der Waals surface area contributed by atoms with Crippen LogP contribution in [0.3, 0.4) is 0 Å². The van der Waals surface area contributed by atoms with Gasteiger partial charge in [-0.15, -0.1) is 0 Å². The summed E-state index contributed by atoms with van der Waals surface area (Å²) in [5.74, 6) is -0.555. The maximum atomic E-state index is 13.3. The van der Waals surface area contributed by atoms with E-state index in [0.717, 1.165) is 16.5 Å². The van der Waals surface area contributed by atoms with Crippen LogP contribution in [0.15, 0.2) is 54.6 Å². The van der Waals surface area contributed by atoms with Crippen LogP contribution in [0.1, 0.15) is 35.7 Å². The number of hydrogen-bond donors (Lipinski definition) is 1. The first-order valence-electron chi connectivity index (χ1n) is 11.1. The minimum Gasteiger partial charge on any atom is -0.357 e. The van der Waals surface area contributed by atoms with E-state index < -0.39 is 6.04 Å². The summed E-state index contributed by atoms with van der Waals surface area (Å²) in [5, 5.41) is 5.42. The molecule has 4 rings (SSSR count). The van der Waals surface area contributed by atoms with Gasteiger partial charge in [0.1, 0.15) is 6.04 Å². The van der Waals surface area contributed by atoms with Crippen LogP contribution in [0.25, 0.3) is 10.8 Å². The number of nitrogens with zero attached hydrogens (tertiary/aromatic N) is 2. The van der Waals surface area contributed by atoms with Crippen molar-refractivity contribution in [2.75, 3.05) is 18.5 Å². The van der Waals surface area contributed by atoms with Crippen LogP contribution in [0.5, 0.6) is 0 Å². The van der Waals surface area contributed by atoms with Gasteiger partial charge in [0.05, 0.1) is 5.69 Å². The highest BCUT2D eigenvalue weighted by Gasteiger charge is 2.30. The van der Waals surface area contributed by atoms with Crippen molar-refractivity contribution in [3.05, 3.63) is 75.8 Å². The number of hydrogen-bond acceptors (Lipinski definition) is 3. The zero-order valence-corrected chi connectivity index (χ0v) is 20.5. The lowest BCUT2D eigenvalue weighted by Crippen LogP contribution is -2.47. The number of rotatable bonds is 8. The summed E-state index contributed by atoms with van der Waals surface area (Å²) >= 11 is 12.6. The Labute approximate surface area is 208 Å². The molecular formula is C26H25Cl2N3O3. The molecule has 6 nitrogen and oxygen atoms in total. The molecule has 8 heteroatoms. The standard InChI is InChI=1S/C26H25Cl2N3O3/c1-16(25(33)29-2)31(15-19-20(27)10-5-11-21(19)28)23(32)13-6-14-30-22-12-4-8-17-7-3-9-18(24(17)22)26(30)34/h3-5,7-12,16H,6,13-15H2,1-2H3,(H,29,33). The first kappa shape index (κ1) is 24.0. The van der Waals surface area contributed by atoms with E-state index in [1.165, 1.54) is 11.9 Å². The summed E-state index contributed by atoms with van der Waals surface area (Å²) in [6.07, 6.45) is 0.613. The number of carbonyl (C=O) groups excluding carboxylic acids is 3. The van der Waals surface area contributed by atoms with Crippen LogP contribution in [0, 0.1) is 0 Å². The molecule has 1 aliphatic rings. The molecule has 34 heavy (non-hydrogen) atoms. The third-order valence-corrected chi connectivity index (χ3v) is 6.93. The number of amides is 3. The van der Waals surface area contributed by atoms with Gasteiger partial charge in [0.15, 0.2) is 0 Å². The van der Waals surface area contributed by atoms with Crippen molar-refractivity contribution in [3.63, 3.8) is 0 Å². The molecule has 0 saturated carbocycles. The maximum Gasteiger partial charge on any atom is 0.258 e. The average Bonchev–Trinajstić information content (AvgIpc) is 3.11. The Bertz CT molecular complexity index is 1250. The molecule has 1 aliphatic heterocycles. The minimum atomic E-state index is -0.712. The SMILES string of the molecule is CNC(=O)C(C)N(Cc1c(Cl)cccc1Cl)C(=O)CCCN1C(=O)c2cccc3cccc1c23. The Hall–Kier alpha value is -3.09. The van der Waals surface area contributed by atoms with Crippen LogP contribution in [-0.4, -0.2) is 42.3 Å². The molecule has 176 valence electrons. The number of anilines is 1. The van der Waals surface area contributed by atoms with Crippen LogP contribution < -0.4 is 10.2 Å². The van der Waals surface area contributed by atoms with Gasteiger partial charge in [-0.05, 0) is 43.0 Å². The van der Waals surface area contributed by atoms with Gasteiger partial charge in [0.2, 0.25) is 11.8 Å². The second-order valence-electron chi connectivity index (χ2n) is 8.25. The van der Waals surface area contributed by atoms with Gasteiger partial charge in [-0.3, -0.25) is 14.4 Å². The third kappa shape index (κ3) is 4.48. The van der Waals surface area contributed by atoms with E-state index in [1.807, 2.05) is 36.4 Å². The van der Waals surface area contributed by atoms with Crippen LogP contribution >= 0.6 is 23.2 Å². The molecule has 0 saturated heterocycles. The summed E-state index contributed by atoms with van der Waals surface area (Å²) < 4.78 is 0. The molecule has 3 aromatic rings. The monoisotopic (exact) mass is 497 g/mol. The molecule has 0 fully saturated rings. The van der Waals surface area contributed by atoms with E-state index in [-0.39, 0.29) is 30.7 Å². The summed E-state index contributed by atoms with van der Waals surface area (Å²) in [7, 11) is 1.53. The highest BCUT2D eigenvalue weighted by molar-refractivity contribution is 6.36. The van der Waals surface area contributed by atoms with Gasteiger partial charge in [-0.2, -0.15) is 0 Å².